The van der Waals surface area contributed by atoms with Gasteiger partial charge < -0.3 is 9.67 Å². The zero-order valence-electron chi connectivity index (χ0n) is 12.7. The summed E-state index contributed by atoms with van der Waals surface area (Å²) in [6.45, 7) is 5.02. The molecule has 1 heterocycles. The maximum Gasteiger partial charge on any atom is 0.185 e. The van der Waals surface area contributed by atoms with E-state index >= 15 is 0 Å². The average Bonchev–Trinajstić information content (AvgIpc) is 2.83. The molecule has 3 aromatic rings. The van der Waals surface area contributed by atoms with Crippen LogP contribution in [0.2, 0.25) is 0 Å². The second-order valence-electron chi connectivity index (χ2n) is 5.38. The zero-order chi connectivity index (χ0) is 15.0. The van der Waals surface area contributed by atoms with E-state index in [-0.39, 0.29) is 0 Å². The van der Waals surface area contributed by atoms with E-state index in [1.807, 2.05) is 25.1 Å². The third-order valence-corrected chi connectivity index (χ3v) is 5.21. The van der Waals surface area contributed by atoms with E-state index in [0.29, 0.717) is 5.75 Å². The summed E-state index contributed by atoms with van der Waals surface area (Å²) in [5, 5.41) is 12.4. The smallest absolute Gasteiger partial charge is 0.185 e. The maximum atomic E-state index is 10.4. The summed E-state index contributed by atoms with van der Waals surface area (Å²) in [6, 6.07) is 8.02. The molecule has 0 fully saturated rings. The number of aromatic nitrogens is 1. The number of nitrogens with zero attached hydrogens (tertiary/aromatic N) is 2. The second kappa shape index (κ2) is 5.53. The molecular weight excluding hydrogens is 280 g/mol. The quantitative estimate of drug-likeness (QED) is 0.726. The van der Waals surface area contributed by atoms with Gasteiger partial charge in [-0.15, -0.1) is 0 Å². The molecule has 21 heavy (non-hydrogen) atoms. The monoisotopic (exact) mass is 300 g/mol. The van der Waals surface area contributed by atoms with Gasteiger partial charge in [0.1, 0.15) is 5.75 Å². The van der Waals surface area contributed by atoms with Crippen molar-refractivity contribution in [3.8, 4) is 5.75 Å². The van der Waals surface area contributed by atoms with Gasteiger partial charge in [-0.2, -0.15) is 0 Å². The molecule has 0 saturated carbocycles. The Labute approximate surface area is 128 Å². The molecule has 1 N–H and O–H groups in total. The van der Waals surface area contributed by atoms with Crippen molar-refractivity contribution in [2.75, 3.05) is 6.54 Å². The predicted molar refractivity (Wildman–Crippen MR) is 90.0 cm³/mol. The number of benzene rings is 2. The Morgan fingerprint density at radius 3 is 2.67 bits per heavy atom. The SMILES string of the molecule is CCCCN=c1sc2c(C)c(O)c3ccccc3c2n1C. The molecule has 4 heteroatoms. The number of hydrogen-bond acceptors (Lipinski definition) is 3. The Hall–Kier alpha value is -1.81. The first-order valence-corrected chi connectivity index (χ1v) is 8.17. The fourth-order valence-electron chi connectivity index (χ4n) is 2.69. The number of hydrogen-bond donors (Lipinski definition) is 1. The van der Waals surface area contributed by atoms with Crippen LogP contribution in [0.15, 0.2) is 29.3 Å². The lowest BCUT2D eigenvalue weighted by Crippen LogP contribution is -2.10. The molecule has 0 aliphatic heterocycles. The van der Waals surface area contributed by atoms with Gasteiger partial charge in [0.15, 0.2) is 4.80 Å². The van der Waals surface area contributed by atoms with Crippen LogP contribution in [-0.2, 0) is 7.05 Å². The predicted octanol–water partition coefficient (Wildman–Crippen LogP) is 4.11. The third-order valence-electron chi connectivity index (χ3n) is 3.92. The first kappa shape index (κ1) is 14.1. The lowest BCUT2D eigenvalue weighted by Gasteiger charge is -2.08. The van der Waals surface area contributed by atoms with Crippen LogP contribution >= 0.6 is 11.3 Å². The number of rotatable bonds is 3. The Morgan fingerprint density at radius 1 is 1.24 bits per heavy atom. The number of unbranched alkanes of at least 4 members (excludes halogenated alkanes) is 1. The molecule has 110 valence electrons. The fourth-order valence-corrected chi connectivity index (χ4v) is 3.85. The highest BCUT2D eigenvalue weighted by Crippen LogP contribution is 2.37. The average molecular weight is 300 g/mol. The molecule has 0 unspecified atom stereocenters. The number of thiazole rings is 1. The van der Waals surface area contributed by atoms with Gasteiger partial charge in [0.2, 0.25) is 0 Å². The van der Waals surface area contributed by atoms with E-state index in [4.69, 9.17) is 4.99 Å². The molecule has 0 aliphatic carbocycles. The lowest BCUT2D eigenvalue weighted by atomic mass is 10.0. The second-order valence-corrected chi connectivity index (χ2v) is 6.35. The highest BCUT2D eigenvalue weighted by molar-refractivity contribution is 7.16. The summed E-state index contributed by atoms with van der Waals surface area (Å²) < 4.78 is 3.29. The summed E-state index contributed by atoms with van der Waals surface area (Å²) in [5.74, 6) is 0.389. The molecule has 0 bridgehead atoms. The van der Waals surface area contributed by atoms with E-state index in [9.17, 15) is 5.11 Å². The number of fused-ring (bicyclic) bond motifs is 3. The van der Waals surface area contributed by atoms with E-state index in [2.05, 4.69) is 24.6 Å². The van der Waals surface area contributed by atoms with Crippen molar-refractivity contribution >= 4 is 32.3 Å². The number of aryl methyl sites for hydroxylation is 2. The summed E-state index contributed by atoms with van der Waals surface area (Å²) >= 11 is 1.67. The van der Waals surface area contributed by atoms with Gasteiger partial charge in [-0.1, -0.05) is 48.9 Å². The van der Waals surface area contributed by atoms with Gasteiger partial charge >= 0.3 is 0 Å². The Kier molecular flexibility index (Phi) is 3.72. The first-order chi connectivity index (χ1) is 10.1. The molecule has 0 radical (unpaired) electrons. The molecule has 2 aromatic carbocycles. The van der Waals surface area contributed by atoms with Gasteiger partial charge in [0, 0.05) is 29.9 Å². The third kappa shape index (κ3) is 2.23. The standard InChI is InChI=1S/C17H20N2OS/c1-4-5-10-18-17-19(3)14-12-8-6-7-9-13(12)15(20)11(2)16(14)21-17/h6-9,20H,4-5,10H2,1-3H3. The minimum absolute atomic E-state index is 0.389. The molecule has 1 aromatic heterocycles. The number of phenols is 1. The van der Waals surface area contributed by atoms with E-state index in [0.717, 1.165) is 45.2 Å². The summed E-state index contributed by atoms with van der Waals surface area (Å²) in [7, 11) is 2.06. The van der Waals surface area contributed by atoms with Crippen molar-refractivity contribution in [1.82, 2.24) is 4.57 Å². The van der Waals surface area contributed by atoms with Gasteiger partial charge in [0.25, 0.3) is 0 Å². The van der Waals surface area contributed by atoms with Crippen LogP contribution in [-0.4, -0.2) is 16.2 Å². The summed E-state index contributed by atoms with van der Waals surface area (Å²) in [4.78, 5) is 5.74. The number of aromatic hydroxyl groups is 1. The topological polar surface area (TPSA) is 37.5 Å². The Balaban J connectivity index is 2.39. The normalized spacial score (nSPS) is 12.6. The van der Waals surface area contributed by atoms with Crippen molar-refractivity contribution < 1.29 is 5.11 Å². The minimum atomic E-state index is 0.389. The number of phenolic OH excluding ortho intramolecular Hbond substituents is 1. The minimum Gasteiger partial charge on any atom is -0.507 e. The fraction of sp³-hybridized carbons (Fsp3) is 0.353. The summed E-state index contributed by atoms with van der Waals surface area (Å²) in [5.41, 5.74) is 2.11. The van der Waals surface area contributed by atoms with E-state index < -0.39 is 0 Å². The van der Waals surface area contributed by atoms with Crippen LogP contribution in [0.5, 0.6) is 5.75 Å². The molecule has 3 nitrogen and oxygen atoms in total. The van der Waals surface area contributed by atoms with Gasteiger partial charge in [-0.3, -0.25) is 4.99 Å². The molecule has 0 atom stereocenters. The van der Waals surface area contributed by atoms with Crippen molar-refractivity contribution in [3.63, 3.8) is 0 Å². The van der Waals surface area contributed by atoms with Gasteiger partial charge in [-0.05, 0) is 13.3 Å². The molecular formula is C17H20N2OS. The zero-order valence-corrected chi connectivity index (χ0v) is 13.5. The van der Waals surface area contributed by atoms with Crippen LogP contribution < -0.4 is 4.80 Å². The van der Waals surface area contributed by atoms with Crippen LogP contribution in [0.25, 0.3) is 21.0 Å². The highest BCUT2D eigenvalue weighted by atomic mass is 32.1. The van der Waals surface area contributed by atoms with Crippen molar-refractivity contribution in [1.29, 1.82) is 0 Å². The largest absolute Gasteiger partial charge is 0.507 e. The summed E-state index contributed by atoms with van der Waals surface area (Å²) in [6.07, 6.45) is 2.26. The molecule has 0 spiro atoms. The van der Waals surface area contributed by atoms with Crippen LogP contribution in [0.1, 0.15) is 25.3 Å². The molecule has 3 rings (SSSR count). The van der Waals surface area contributed by atoms with Gasteiger partial charge in [0.05, 0.1) is 10.2 Å². The van der Waals surface area contributed by atoms with E-state index in [1.54, 1.807) is 11.3 Å². The lowest BCUT2D eigenvalue weighted by molar-refractivity contribution is 0.478. The first-order valence-electron chi connectivity index (χ1n) is 7.35. The van der Waals surface area contributed by atoms with Crippen molar-refractivity contribution in [2.45, 2.75) is 26.7 Å². The van der Waals surface area contributed by atoms with Crippen LogP contribution in [0, 0.1) is 6.92 Å². The Morgan fingerprint density at radius 2 is 1.95 bits per heavy atom. The molecule has 0 saturated heterocycles. The molecule has 0 aliphatic rings. The van der Waals surface area contributed by atoms with Crippen LogP contribution in [0.4, 0.5) is 0 Å². The maximum absolute atomic E-state index is 10.4. The van der Waals surface area contributed by atoms with Crippen molar-refractivity contribution in [3.05, 3.63) is 34.6 Å². The molecule has 0 amide bonds. The highest BCUT2D eigenvalue weighted by Gasteiger charge is 2.14. The Bertz CT molecular complexity index is 874. The van der Waals surface area contributed by atoms with Gasteiger partial charge in [-0.25, -0.2) is 0 Å². The van der Waals surface area contributed by atoms with Crippen LogP contribution in [0.3, 0.4) is 0 Å². The van der Waals surface area contributed by atoms with E-state index in [1.165, 1.54) is 5.52 Å². The van der Waals surface area contributed by atoms with Crippen molar-refractivity contribution in [2.24, 2.45) is 12.0 Å².